The van der Waals surface area contributed by atoms with Crippen LogP contribution < -0.4 is 11.4 Å². The summed E-state index contributed by atoms with van der Waals surface area (Å²) in [4.78, 5) is 47.8. The lowest BCUT2D eigenvalue weighted by Crippen LogP contribution is -2.44. The number of aromatic nitrogens is 3. The van der Waals surface area contributed by atoms with Gasteiger partial charge in [-0.1, -0.05) is 21.9 Å². The minimum atomic E-state index is -1.49. The molecule has 1 aromatic heterocycles. The van der Waals surface area contributed by atoms with Crippen molar-refractivity contribution in [3.8, 4) is 5.69 Å². The summed E-state index contributed by atoms with van der Waals surface area (Å²) in [5.41, 5.74) is -2.62. The first-order valence-electron chi connectivity index (χ1n) is 9.24. The predicted molar refractivity (Wildman–Crippen MR) is 118 cm³/mol. The van der Waals surface area contributed by atoms with Crippen molar-refractivity contribution in [3.05, 3.63) is 54.3 Å². The Balaban J connectivity index is 2.09. The molecule has 2 heterocycles. The number of carbonyl (C=O) groups excluding carboxylic acids is 1. The second kappa shape index (κ2) is 8.43. The van der Waals surface area contributed by atoms with Gasteiger partial charge in [0.1, 0.15) is 5.82 Å². The van der Waals surface area contributed by atoms with E-state index >= 15 is 0 Å². The molecular weight excluding hydrogens is 465 g/mol. The van der Waals surface area contributed by atoms with E-state index in [4.69, 9.17) is 33.5 Å². The van der Waals surface area contributed by atoms with Crippen molar-refractivity contribution >= 4 is 41.2 Å². The van der Waals surface area contributed by atoms with Crippen LogP contribution in [0.3, 0.4) is 0 Å². The van der Waals surface area contributed by atoms with Crippen LogP contribution >= 0.6 is 23.8 Å². The lowest BCUT2D eigenvalue weighted by molar-refractivity contribution is -0.167. The maximum atomic E-state index is 14.8. The van der Waals surface area contributed by atoms with Gasteiger partial charge in [-0.05, 0) is 45.1 Å². The van der Waals surface area contributed by atoms with Crippen molar-refractivity contribution in [1.29, 1.82) is 0 Å². The monoisotopic (exact) mass is 483 g/mol. The van der Waals surface area contributed by atoms with Gasteiger partial charge in [0, 0.05) is 26.1 Å². The van der Waals surface area contributed by atoms with E-state index in [1.165, 1.54) is 27.1 Å². The van der Waals surface area contributed by atoms with Gasteiger partial charge in [-0.2, -0.15) is 0 Å². The summed E-state index contributed by atoms with van der Waals surface area (Å²) in [6.07, 6.45) is -0.0688. The molecule has 0 aliphatic carbocycles. The summed E-state index contributed by atoms with van der Waals surface area (Å²) >= 11 is 11.2. The van der Waals surface area contributed by atoms with Gasteiger partial charge in [0.15, 0.2) is 4.77 Å². The Bertz CT molecular complexity index is 1330. The molecule has 0 bridgehead atoms. The zero-order valence-corrected chi connectivity index (χ0v) is 19.4. The fourth-order valence-corrected chi connectivity index (χ4v) is 3.35. The summed E-state index contributed by atoms with van der Waals surface area (Å²) in [6.45, 7) is 4.75. The highest BCUT2D eigenvalue weighted by atomic mass is 35.5. The van der Waals surface area contributed by atoms with Gasteiger partial charge < -0.3 is 9.68 Å². The Kier molecular flexibility index (Phi) is 6.20. The van der Waals surface area contributed by atoms with Crippen molar-refractivity contribution < 1.29 is 18.9 Å². The van der Waals surface area contributed by atoms with Gasteiger partial charge in [-0.25, -0.2) is 23.3 Å². The van der Waals surface area contributed by atoms with Crippen molar-refractivity contribution in [3.63, 3.8) is 0 Å². The molecule has 32 heavy (non-hydrogen) atoms. The molecule has 2 aromatic rings. The van der Waals surface area contributed by atoms with Crippen LogP contribution in [0.5, 0.6) is 0 Å². The summed E-state index contributed by atoms with van der Waals surface area (Å²) in [7, 11) is 2.73. The first-order valence-corrected chi connectivity index (χ1v) is 10.0. The first kappa shape index (κ1) is 23.5. The highest BCUT2D eigenvalue weighted by Crippen LogP contribution is 2.32. The second-order valence-corrected chi connectivity index (χ2v) is 8.31. The van der Waals surface area contributed by atoms with Crippen LogP contribution in [0.1, 0.15) is 32.8 Å². The third-order valence-electron chi connectivity index (χ3n) is 4.72. The van der Waals surface area contributed by atoms with Crippen LogP contribution in [-0.4, -0.2) is 36.7 Å². The molecule has 10 nitrogen and oxygen atoms in total. The molecule has 1 atom stereocenters. The number of benzene rings is 1. The van der Waals surface area contributed by atoms with Crippen molar-refractivity contribution in [2.75, 3.05) is 0 Å². The minimum Gasteiger partial charge on any atom is -0.377 e. The molecule has 0 N–H and O–H groups in total. The Morgan fingerprint density at radius 2 is 1.88 bits per heavy atom. The molecule has 0 spiro atoms. The lowest BCUT2D eigenvalue weighted by atomic mass is 9.95. The van der Waals surface area contributed by atoms with Gasteiger partial charge in [0.25, 0.3) is 0 Å². The number of hydrogen-bond acceptors (Lipinski definition) is 8. The normalized spacial score (nSPS) is 17.5. The molecule has 0 saturated carbocycles. The summed E-state index contributed by atoms with van der Waals surface area (Å²) in [5.74, 6) is -1.70. The molecule has 1 aliphatic heterocycles. The van der Waals surface area contributed by atoms with E-state index in [0.717, 1.165) is 15.2 Å². The lowest BCUT2D eigenvalue weighted by Gasteiger charge is -2.17. The molecule has 0 radical (unpaired) electrons. The number of nitrogens with zero attached hydrogens (tertiary/aromatic N) is 5. The molecule has 1 unspecified atom stereocenters. The Hall–Kier alpha value is -3.12. The van der Waals surface area contributed by atoms with Crippen LogP contribution in [0.15, 0.2) is 32.0 Å². The summed E-state index contributed by atoms with van der Waals surface area (Å²) < 4.78 is 17.5. The molecular formula is C19H19ClFN5O5S. The van der Waals surface area contributed by atoms with Crippen LogP contribution in [0.25, 0.3) is 5.69 Å². The van der Waals surface area contributed by atoms with Crippen LogP contribution in [-0.2, 0) is 28.6 Å². The number of rotatable bonds is 4. The molecule has 170 valence electrons. The van der Waals surface area contributed by atoms with Crippen molar-refractivity contribution in [1.82, 2.24) is 13.7 Å². The van der Waals surface area contributed by atoms with Crippen molar-refractivity contribution in [2.24, 2.45) is 24.4 Å². The molecule has 0 fully saturated rings. The van der Waals surface area contributed by atoms with Gasteiger partial charge in [0.2, 0.25) is 5.60 Å². The molecule has 3 rings (SSSR count). The molecule has 1 aliphatic rings. The maximum Gasteiger partial charge on any atom is 0.381 e. The van der Waals surface area contributed by atoms with E-state index in [1.54, 1.807) is 13.8 Å². The molecule has 1 aromatic carbocycles. The van der Waals surface area contributed by atoms with Gasteiger partial charge in [-0.15, -0.1) is 0 Å². The van der Waals surface area contributed by atoms with Crippen LogP contribution in [0, 0.1) is 10.6 Å². The zero-order valence-electron chi connectivity index (χ0n) is 17.8. The SMILES string of the molecule is CC(C)=NOC(=O)C1(C)CC(c2cc(-n3c(=O)n(C)c(=S)n(C)c3=O)c(F)cc2Cl)=NO1. The van der Waals surface area contributed by atoms with E-state index in [9.17, 15) is 18.8 Å². The van der Waals surface area contributed by atoms with Gasteiger partial charge in [-0.3, -0.25) is 9.13 Å². The van der Waals surface area contributed by atoms with E-state index in [1.807, 2.05) is 0 Å². The average molecular weight is 484 g/mol. The van der Waals surface area contributed by atoms with E-state index < -0.39 is 28.8 Å². The number of halogens is 2. The zero-order chi connectivity index (χ0) is 24.0. The topological polar surface area (TPSA) is 109 Å². The summed E-state index contributed by atoms with van der Waals surface area (Å²) in [6, 6.07) is 2.14. The average Bonchev–Trinajstić information content (AvgIpc) is 3.13. The van der Waals surface area contributed by atoms with Crippen LogP contribution in [0.2, 0.25) is 5.02 Å². The van der Waals surface area contributed by atoms with Crippen molar-refractivity contribution in [2.45, 2.75) is 32.8 Å². The standard InChI is InChI=1S/C19H19ClFN5O5S/c1-9(2)22-30-15(27)19(3)8-13(23-31-19)10-6-14(12(21)7-11(10)20)26-16(28)24(4)18(32)25(5)17(26)29/h6-7H,8H2,1-5H3. The first-order chi connectivity index (χ1) is 14.9. The minimum absolute atomic E-state index is 0.0290. The molecule has 13 heteroatoms. The maximum absolute atomic E-state index is 14.8. The third-order valence-corrected chi connectivity index (χ3v) is 5.58. The Labute approximate surface area is 191 Å². The van der Waals surface area contributed by atoms with Gasteiger partial charge in [0.05, 0.1) is 22.1 Å². The smallest absolute Gasteiger partial charge is 0.377 e. The highest BCUT2D eigenvalue weighted by Gasteiger charge is 2.45. The Morgan fingerprint density at radius 3 is 2.44 bits per heavy atom. The molecule has 0 saturated heterocycles. The number of hydrogen-bond donors (Lipinski definition) is 0. The second-order valence-electron chi connectivity index (χ2n) is 7.54. The number of carbonyl (C=O) groups is 1. The number of oxime groups is 2. The fourth-order valence-electron chi connectivity index (χ4n) is 2.93. The van der Waals surface area contributed by atoms with E-state index in [-0.39, 0.29) is 33.2 Å². The highest BCUT2D eigenvalue weighted by molar-refractivity contribution is 7.71. The molecule has 0 amide bonds. The Morgan fingerprint density at radius 1 is 1.28 bits per heavy atom. The summed E-state index contributed by atoms with van der Waals surface area (Å²) in [5, 5.41) is 7.45. The largest absolute Gasteiger partial charge is 0.381 e. The quantitative estimate of drug-likeness (QED) is 0.285. The van der Waals surface area contributed by atoms with Crippen LogP contribution in [0.4, 0.5) is 4.39 Å². The fraction of sp³-hybridized carbons (Fsp3) is 0.368. The van der Waals surface area contributed by atoms with E-state index in [2.05, 4.69) is 10.3 Å². The predicted octanol–water partition coefficient (Wildman–Crippen LogP) is 2.22. The third kappa shape index (κ3) is 4.02. The van der Waals surface area contributed by atoms with Gasteiger partial charge >= 0.3 is 17.3 Å². The van der Waals surface area contributed by atoms with E-state index in [0.29, 0.717) is 10.3 Å².